The summed E-state index contributed by atoms with van der Waals surface area (Å²) in [4.78, 5) is 12.2. The average molecular weight is 408 g/mol. The third-order valence-electron chi connectivity index (χ3n) is 3.55. The Bertz CT molecular complexity index is 651. The molecule has 0 radical (unpaired) electrons. The average Bonchev–Trinajstić information content (AvgIpc) is 3.37. The lowest BCUT2D eigenvalue weighted by atomic mass is 10.2. The molecule has 0 amide bonds. The summed E-state index contributed by atoms with van der Waals surface area (Å²) in [5.74, 6) is 1.13. The Morgan fingerprint density at radius 3 is 2.64 bits per heavy atom. The van der Waals surface area contributed by atoms with Gasteiger partial charge in [-0.25, -0.2) is 4.79 Å². The molecule has 22 heavy (non-hydrogen) atoms. The minimum atomic E-state index is -0.323. The monoisotopic (exact) mass is 408 g/mol. The van der Waals surface area contributed by atoms with Gasteiger partial charge in [0.2, 0.25) is 0 Å². The smallest absolute Gasteiger partial charge is 0.338 e. The van der Waals surface area contributed by atoms with E-state index in [9.17, 15) is 4.79 Å². The number of hydrogen-bond acceptors (Lipinski definition) is 3. The van der Waals surface area contributed by atoms with E-state index in [0.717, 1.165) is 21.5 Å². The predicted molar refractivity (Wildman–Crippen MR) is 92.9 cm³/mol. The molecule has 0 N–H and O–H groups in total. The second-order valence-electron chi connectivity index (χ2n) is 5.46. The number of rotatable bonds is 6. The van der Waals surface area contributed by atoms with E-state index < -0.39 is 0 Å². The zero-order chi connectivity index (χ0) is 15.4. The van der Waals surface area contributed by atoms with Crippen molar-refractivity contribution < 1.29 is 14.3 Å². The first-order valence-electron chi connectivity index (χ1n) is 7.36. The van der Waals surface area contributed by atoms with Gasteiger partial charge in [0.1, 0.15) is 12.4 Å². The van der Waals surface area contributed by atoms with Crippen molar-refractivity contribution in [3.05, 3.63) is 63.2 Å². The zero-order valence-corrected chi connectivity index (χ0v) is 14.3. The predicted octanol–water partition coefficient (Wildman–Crippen LogP) is 4.44. The minimum absolute atomic E-state index is 0.282. The molecule has 1 aliphatic carbocycles. The number of carbonyl (C=O) groups excluding carboxylic acids is 1. The number of esters is 1. The molecule has 2 aromatic carbocycles. The summed E-state index contributed by atoms with van der Waals surface area (Å²) in [5.41, 5.74) is 1.51. The molecule has 1 fully saturated rings. The molecule has 0 aliphatic heterocycles. The van der Waals surface area contributed by atoms with E-state index in [1.807, 2.05) is 36.4 Å². The van der Waals surface area contributed by atoms with Crippen LogP contribution >= 0.6 is 22.6 Å². The Balaban J connectivity index is 1.62. The number of halogens is 1. The van der Waals surface area contributed by atoms with E-state index >= 15 is 0 Å². The molecule has 3 nitrogen and oxygen atoms in total. The molecule has 0 atom stereocenters. The molecule has 0 heterocycles. The number of benzene rings is 2. The molecule has 1 aliphatic rings. The normalized spacial score (nSPS) is 13.7. The van der Waals surface area contributed by atoms with E-state index in [-0.39, 0.29) is 12.6 Å². The summed E-state index contributed by atoms with van der Waals surface area (Å²) >= 11 is 2.22. The topological polar surface area (TPSA) is 35.5 Å². The van der Waals surface area contributed by atoms with Gasteiger partial charge in [-0.3, -0.25) is 0 Å². The van der Waals surface area contributed by atoms with Crippen LogP contribution in [0.2, 0.25) is 0 Å². The van der Waals surface area contributed by atoms with E-state index in [2.05, 4.69) is 22.6 Å². The molecule has 0 saturated heterocycles. The Kier molecular flexibility index (Phi) is 4.97. The third-order valence-corrected chi connectivity index (χ3v) is 4.44. The molecule has 0 aromatic heterocycles. The minimum Gasteiger partial charge on any atom is -0.492 e. The van der Waals surface area contributed by atoms with Crippen molar-refractivity contribution in [1.82, 2.24) is 0 Å². The van der Waals surface area contributed by atoms with Crippen LogP contribution in [0.1, 0.15) is 28.8 Å². The Morgan fingerprint density at radius 2 is 1.91 bits per heavy atom. The molecule has 114 valence electrons. The van der Waals surface area contributed by atoms with Crippen molar-refractivity contribution in [2.45, 2.75) is 19.4 Å². The lowest BCUT2D eigenvalue weighted by Gasteiger charge is -2.10. The van der Waals surface area contributed by atoms with E-state index in [0.29, 0.717) is 11.5 Å². The van der Waals surface area contributed by atoms with Gasteiger partial charge in [0.05, 0.1) is 15.7 Å². The van der Waals surface area contributed by atoms with E-state index in [4.69, 9.17) is 9.47 Å². The van der Waals surface area contributed by atoms with Crippen molar-refractivity contribution in [2.24, 2.45) is 5.92 Å². The first kappa shape index (κ1) is 15.3. The number of ether oxygens (including phenoxy) is 2. The molecule has 3 rings (SSSR count). The molecule has 1 saturated carbocycles. The Morgan fingerprint density at radius 1 is 1.14 bits per heavy atom. The van der Waals surface area contributed by atoms with Crippen LogP contribution in [0.3, 0.4) is 0 Å². The van der Waals surface area contributed by atoms with Crippen molar-refractivity contribution in [3.63, 3.8) is 0 Å². The van der Waals surface area contributed by atoms with Gasteiger partial charge >= 0.3 is 5.97 Å². The van der Waals surface area contributed by atoms with Crippen LogP contribution in [0.25, 0.3) is 0 Å². The number of carbonyl (C=O) groups is 1. The Labute approximate surface area is 143 Å². The summed E-state index contributed by atoms with van der Waals surface area (Å²) in [6.07, 6.45) is 2.49. The van der Waals surface area contributed by atoms with Gasteiger partial charge in [-0.2, -0.15) is 0 Å². The third kappa shape index (κ3) is 4.22. The maximum atomic E-state index is 12.2. The molecular formula is C18H17IO3. The van der Waals surface area contributed by atoms with Crippen LogP contribution in [-0.4, -0.2) is 12.6 Å². The fourth-order valence-electron chi connectivity index (χ4n) is 2.04. The summed E-state index contributed by atoms with van der Waals surface area (Å²) < 4.78 is 12.2. The Hall–Kier alpha value is -1.56. The van der Waals surface area contributed by atoms with Crippen LogP contribution < -0.4 is 4.74 Å². The van der Waals surface area contributed by atoms with Gasteiger partial charge in [0, 0.05) is 0 Å². The maximum Gasteiger partial charge on any atom is 0.338 e. The largest absolute Gasteiger partial charge is 0.492 e. The van der Waals surface area contributed by atoms with Gasteiger partial charge in [-0.15, -0.1) is 0 Å². The first-order valence-corrected chi connectivity index (χ1v) is 8.43. The highest BCUT2D eigenvalue weighted by Crippen LogP contribution is 2.31. The van der Waals surface area contributed by atoms with Gasteiger partial charge in [0.15, 0.2) is 0 Å². The second-order valence-corrected chi connectivity index (χ2v) is 6.62. The van der Waals surface area contributed by atoms with Crippen LogP contribution in [0.15, 0.2) is 48.5 Å². The van der Waals surface area contributed by atoms with E-state index in [1.54, 1.807) is 12.1 Å². The second kappa shape index (κ2) is 7.13. The van der Waals surface area contributed by atoms with Crippen LogP contribution in [0.5, 0.6) is 5.75 Å². The fourth-order valence-corrected chi connectivity index (χ4v) is 2.53. The van der Waals surface area contributed by atoms with Crippen molar-refractivity contribution in [3.8, 4) is 5.75 Å². The van der Waals surface area contributed by atoms with Crippen molar-refractivity contribution >= 4 is 28.6 Å². The van der Waals surface area contributed by atoms with Crippen LogP contribution in [0, 0.1) is 9.49 Å². The first-order chi connectivity index (χ1) is 10.7. The summed E-state index contributed by atoms with van der Waals surface area (Å²) in [5, 5.41) is 0. The highest BCUT2D eigenvalue weighted by atomic mass is 127. The standard InChI is InChI=1S/C18H17IO3/c19-16-9-8-15(10-17(16)21-11-14-6-7-14)18(20)22-12-13-4-2-1-3-5-13/h1-5,8-10,14H,6-7,11-12H2. The van der Waals surface area contributed by atoms with Crippen LogP contribution in [0.4, 0.5) is 0 Å². The van der Waals surface area contributed by atoms with Gasteiger partial charge < -0.3 is 9.47 Å². The highest BCUT2D eigenvalue weighted by molar-refractivity contribution is 14.1. The molecular weight excluding hydrogens is 391 g/mol. The quantitative estimate of drug-likeness (QED) is 0.524. The molecule has 0 spiro atoms. The lowest BCUT2D eigenvalue weighted by Crippen LogP contribution is -2.07. The summed E-state index contributed by atoms with van der Waals surface area (Å²) in [7, 11) is 0. The summed E-state index contributed by atoms with van der Waals surface area (Å²) in [6.45, 7) is 1.02. The maximum absolute atomic E-state index is 12.2. The lowest BCUT2D eigenvalue weighted by molar-refractivity contribution is 0.0472. The van der Waals surface area contributed by atoms with Gasteiger partial charge in [-0.1, -0.05) is 30.3 Å². The fraction of sp³-hybridized carbons (Fsp3) is 0.278. The van der Waals surface area contributed by atoms with Crippen molar-refractivity contribution in [2.75, 3.05) is 6.61 Å². The van der Waals surface area contributed by atoms with Crippen LogP contribution in [-0.2, 0) is 11.3 Å². The van der Waals surface area contributed by atoms with Gasteiger partial charge in [0.25, 0.3) is 0 Å². The molecule has 0 unspecified atom stereocenters. The van der Waals surface area contributed by atoms with E-state index in [1.165, 1.54) is 12.8 Å². The zero-order valence-electron chi connectivity index (χ0n) is 12.1. The summed E-state index contributed by atoms with van der Waals surface area (Å²) in [6, 6.07) is 15.1. The van der Waals surface area contributed by atoms with Gasteiger partial charge in [-0.05, 0) is 65.1 Å². The molecule has 4 heteroatoms. The van der Waals surface area contributed by atoms with Crippen molar-refractivity contribution in [1.29, 1.82) is 0 Å². The highest BCUT2D eigenvalue weighted by Gasteiger charge is 2.22. The molecule has 0 bridgehead atoms. The number of hydrogen-bond donors (Lipinski definition) is 0. The molecule has 2 aromatic rings. The SMILES string of the molecule is O=C(OCc1ccccc1)c1ccc(I)c(OCC2CC2)c1.